The van der Waals surface area contributed by atoms with Gasteiger partial charge in [-0.1, -0.05) is 18.2 Å². The van der Waals surface area contributed by atoms with Crippen molar-refractivity contribution in [2.75, 3.05) is 13.7 Å². The highest BCUT2D eigenvalue weighted by Crippen LogP contribution is 2.19. The van der Waals surface area contributed by atoms with Crippen LogP contribution in [-0.4, -0.2) is 25.6 Å². The van der Waals surface area contributed by atoms with Crippen molar-refractivity contribution in [1.82, 2.24) is 0 Å². The third-order valence-corrected chi connectivity index (χ3v) is 1.92. The van der Waals surface area contributed by atoms with Gasteiger partial charge in [0, 0.05) is 11.6 Å². The van der Waals surface area contributed by atoms with E-state index in [1.165, 1.54) is 19.3 Å². The third-order valence-electron chi connectivity index (χ3n) is 1.92. The number of amides is 1. The summed E-state index contributed by atoms with van der Waals surface area (Å²) in [6, 6.07) is 6.97. The molecule has 1 amide bonds. The van der Waals surface area contributed by atoms with E-state index in [4.69, 9.17) is 10.5 Å². The van der Waals surface area contributed by atoms with Crippen LogP contribution < -0.4 is 10.5 Å². The van der Waals surface area contributed by atoms with Crippen molar-refractivity contribution in [3.05, 3.63) is 35.9 Å². The molecule has 0 saturated carbocycles. The van der Waals surface area contributed by atoms with Crippen LogP contribution in [0, 0.1) is 0 Å². The molecule has 0 heterocycles. The number of nitrogens with two attached hydrogens (primary N) is 1. The Morgan fingerprint density at radius 3 is 2.71 bits per heavy atom. The monoisotopic (exact) mass is 235 g/mol. The van der Waals surface area contributed by atoms with Crippen LogP contribution in [0.2, 0.25) is 0 Å². The number of esters is 1. The predicted molar refractivity (Wildman–Crippen MR) is 62.2 cm³/mol. The van der Waals surface area contributed by atoms with Crippen molar-refractivity contribution in [2.24, 2.45) is 5.73 Å². The van der Waals surface area contributed by atoms with Crippen LogP contribution in [0.5, 0.6) is 5.75 Å². The molecular weight excluding hydrogens is 222 g/mol. The number of hydrogen-bond donors (Lipinski definition) is 1. The lowest BCUT2D eigenvalue weighted by atomic mass is 10.2. The fourth-order valence-corrected chi connectivity index (χ4v) is 1.12. The molecule has 1 rings (SSSR count). The number of benzene rings is 1. The molecule has 90 valence electrons. The third kappa shape index (κ3) is 4.38. The lowest BCUT2D eigenvalue weighted by molar-refractivity contribution is -0.142. The van der Waals surface area contributed by atoms with Crippen molar-refractivity contribution in [3.63, 3.8) is 0 Å². The van der Waals surface area contributed by atoms with Gasteiger partial charge in [0.1, 0.15) is 5.75 Å². The van der Waals surface area contributed by atoms with Crippen LogP contribution >= 0.6 is 0 Å². The molecule has 5 heteroatoms. The Morgan fingerprint density at radius 2 is 2.06 bits per heavy atom. The first-order valence-corrected chi connectivity index (χ1v) is 4.89. The molecule has 0 aliphatic carbocycles. The number of ether oxygens (including phenoxy) is 2. The zero-order valence-corrected chi connectivity index (χ0v) is 9.38. The van der Waals surface area contributed by atoms with Gasteiger partial charge in [-0.25, -0.2) is 4.79 Å². The summed E-state index contributed by atoms with van der Waals surface area (Å²) in [5, 5.41) is 0. The van der Waals surface area contributed by atoms with Crippen molar-refractivity contribution in [3.8, 4) is 5.75 Å². The summed E-state index contributed by atoms with van der Waals surface area (Å²) >= 11 is 0. The summed E-state index contributed by atoms with van der Waals surface area (Å²) in [6.07, 6.45) is 2.75. The highest BCUT2D eigenvalue weighted by Gasteiger charge is 2.04. The average Bonchev–Trinajstić information content (AvgIpc) is 2.34. The van der Waals surface area contributed by atoms with E-state index < -0.39 is 11.9 Å². The molecule has 0 aliphatic heterocycles. The number of para-hydroxylation sites is 1. The molecule has 1 aromatic rings. The van der Waals surface area contributed by atoms with Crippen LogP contribution in [-0.2, 0) is 14.3 Å². The molecular formula is C12H13NO4. The minimum Gasteiger partial charge on any atom is -0.481 e. The van der Waals surface area contributed by atoms with Gasteiger partial charge in [0.2, 0.25) is 5.91 Å². The summed E-state index contributed by atoms with van der Waals surface area (Å²) in [5.41, 5.74) is 5.66. The summed E-state index contributed by atoms with van der Waals surface area (Å²) in [4.78, 5) is 21.5. The number of hydrogen-bond acceptors (Lipinski definition) is 4. The van der Waals surface area contributed by atoms with Gasteiger partial charge >= 0.3 is 5.97 Å². The first-order valence-electron chi connectivity index (χ1n) is 4.89. The molecule has 0 unspecified atom stereocenters. The number of rotatable bonds is 5. The van der Waals surface area contributed by atoms with Crippen LogP contribution in [0.15, 0.2) is 30.3 Å². The fourth-order valence-electron chi connectivity index (χ4n) is 1.12. The summed E-state index contributed by atoms with van der Waals surface area (Å²) in [6.45, 7) is -0.183. The normalized spacial score (nSPS) is 10.2. The van der Waals surface area contributed by atoms with Gasteiger partial charge in [-0.2, -0.15) is 0 Å². The Kier molecular flexibility index (Phi) is 4.75. The summed E-state index contributed by atoms with van der Waals surface area (Å²) < 4.78 is 9.70. The maximum absolute atomic E-state index is 10.9. The lowest BCUT2D eigenvalue weighted by Crippen LogP contribution is -2.13. The topological polar surface area (TPSA) is 78.6 Å². The molecule has 0 saturated heterocycles. The van der Waals surface area contributed by atoms with Gasteiger partial charge in [0.15, 0.2) is 6.61 Å². The average molecular weight is 235 g/mol. The van der Waals surface area contributed by atoms with Gasteiger partial charge in [0.05, 0.1) is 7.11 Å². The SMILES string of the molecule is COC(=O)COc1ccccc1C=CC(N)=O. The molecule has 0 fully saturated rings. The Labute approximate surface area is 98.8 Å². The van der Waals surface area contributed by atoms with Gasteiger partial charge in [0.25, 0.3) is 0 Å². The van der Waals surface area contributed by atoms with E-state index in [1.54, 1.807) is 24.3 Å². The summed E-state index contributed by atoms with van der Waals surface area (Å²) in [5.74, 6) is -0.540. The number of primary amides is 1. The maximum Gasteiger partial charge on any atom is 0.343 e. The van der Waals surface area contributed by atoms with E-state index in [0.717, 1.165) is 0 Å². The van der Waals surface area contributed by atoms with Gasteiger partial charge in [-0.05, 0) is 12.1 Å². The van der Waals surface area contributed by atoms with Crippen LogP contribution in [0.1, 0.15) is 5.56 Å². The minimum absolute atomic E-state index is 0.183. The molecule has 0 aliphatic rings. The van der Waals surface area contributed by atoms with Crippen molar-refractivity contribution < 1.29 is 19.1 Å². The zero-order chi connectivity index (χ0) is 12.7. The second-order valence-corrected chi connectivity index (χ2v) is 3.14. The first-order chi connectivity index (χ1) is 8.13. The largest absolute Gasteiger partial charge is 0.481 e. The number of methoxy groups -OCH3 is 1. The standard InChI is InChI=1S/C12H13NO4/c1-16-12(15)8-17-10-5-3-2-4-9(10)6-7-11(13)14/h2-7H,8H2,1H3,(H2,13,14). The molecule has 5 nitrogen and oxygen atoms in total. The van der Waals surface area contributed by atoms with Gasteiger partial charge in [-0.15, -0.1) is 0 Å². The molecule has 17 heavy (non-hydrogen) atoms. The fraction of sp³-hybridized carbons (Fsp3) is 0.167. The highest BCUT2D eigenvalue weighted by atomic mass is 16.6. The molecule has 0 atom stereocenters. The predicted octanol–water partition coefficient (Wildman–Crippen LogP) is 0.737. The highest BCUT2D eigenvalue weighted by molar-refractivity contribution is 5.90. The maximum atomic E-state index is 10.9. The van der Waals surface area contributed by atoms with Gasteiger partial charge < -0.3 is 15.2 Å². The molecule has 0 radical (unpaired) electrons. The first kappa shape index (κ1) is 12.8. The minimum atomic E-state index is -0.548. The molecule has 1 aromatic carbocycles. The summed E-state index contributed by atoms with van der Waals surface area (Å²) in [7, 11) is 1.28. The molecule has 0 spiro atoms. The van der Waals surface area contributed by atoms with Crippen molar-refractivity contribution in [2.45, 2.75) is 0 Å². The van der Waals surface area contributed by atoms with Crippen molar-refractivity contribution >= 4 is 18.0 Å². The van der Waals surface area contributed by atoms with Crippen LogP contribution in [0.4, 0.5) is 0 Å². The van der Waals surface area contributed by atoms with E-state index in [1.807, 2.05) is 0 Å². The zero-order valence-electron chi connectivity index (χ0n) is 9.38. The Balaban J connectivity index is 2.77. The Morgan fingerprint density at radius 1 is 1.35 bits per heavy atom. The molecule has 0 bridgehead atoms. The van der Waals surface area contributed by atoms with E-state index in [9.17, 15) is 9.59 Å². The van der Waals surface area contributed by atoms with Crippen molar-refractivity contribution in [1.29, 1.82) is 0 Å². The van der Waals surface area contributed by atoms with E-state index in [2.05, 4.69) is 4.74 Å². The second kappa shape index (κ2) is 6.32. The Bertz CT molecular complexity index is 440. The number of carbonyl (C=O) groups excluding carboxylic acids is 2. The van der Waals surface area contributed by atoms with Gasteiger partial charge in [-0.3, -0.25) is 4.79 Å². The van der Waals surface area contributed by atoms with Crippen LogP contribution in [0.3, 0.4) is 0 Å². The number of carbonyl (C=O) groups is 2. The Hall–Kier alpha value is -2.30. The van der Waals surface area contributed by atoms with E-state index >= 15 is 0 Å². The smallest absolute Gasteiger partial charge is 0.343 e. The lowest BCUT2D eigenvalue weighted by Gasteiger charge is -2.07. The second-order valence-electron chi connectivity index (χ2n) is 3.14. The quantitative estimate of drug-likeness (QED) is 0.603. The van der Waals surface area contributed by atoms with E-state index in [0.29, 0.717) is 11.3 Å². The molecule has 2 N–H and O–H groups in total. The van der Waals surface area contributed by atoms with Crippen LogP contribution in [0.25, 0.3) is 6.08 Å². The van der Waals surface area contributed by atoms with E-state index in [-0.39, 0.29) is 6.61 Å². The molecule has 0 aromatic heterocycles.